The number of hydrogen-bond acceptors (Lipinski definition) is 3. The fraction of sp³-hybridized carbons (Fsp3) is 0.625. The predicted molar refractivity (Wildman–Crippen MR) is 85.5 cm³/mol. The van der Waals surface area contributed by atoms with Gasteiger partial charge in [0.05, 0.1) is 4.90 Å². The van der Waals surface area contributed by atoms with Crippen LogP contribution in [0, 0.1) is 11.8 Å². The summed E-state index contributed by atoms with van der Waals surface area (Å²) in [5.74, 6) is 1.03. The SMILES string of the molecule is CCC1CCC(NS(=O)(=O)c2ccccc2CNC)C1C. The second-order valence-electron chi connectivity index (χ2n) is 5.97. The number of sulfonamides is 1. The molecule has 118 valence electrons. The molecular formula is C16H26N2O2S. The highest BCUT2D eigenvalue weighted by Gasteiger charge is 2.34. The fourth-order valence-corrected chi connectivity index (χ4v) is 4.96. The minimum Gasteiger partial charge on any atom is -0.316 e. The smallest absolute Gasteiger partial charge is 0.241 e. The third kappa shape index (κ3) is 3.65. The van der Waals surface area contributed by atoms with E-state index < -0.39 is 10.0 Å². The summed E-state index contributed by atoms with van der Waals surface area (Å²) >= 11 is 0. The summed E-state index contributed by atoms with van der Waals surface area (Å²) in [6.07, 6.45) is 3.17. The van der Waals surface area contributed by atoms with E-state index in [4.69, 9.17) is 0 Å². The van der Waals surface area contributed by atoms with E-state index in [-0.39, 0.29) is 6.04 Å². The van der Waals surface area contributed by atoms with Gasteiger partial charge in [0, 0.05) is 12.6 Å². The Morgan fingerprint density at radius 2 is 1.95 bits per heavy atom. The molecule has 21 heavy (non-hydrogen) atoms. The zero-order valence-corrected chi connectivity index (χ0v) is 13.9. The highest BCUT2D eigenvalue weighted by Crippen LogP contribution is 2.34. The van der Waals surface area contributed by atoms with Gasteiger partial charge >= 0.3 is 0 Å². The topological polar surface area (TPSA) is 58.2 Å². The largest absolute Gasteiger partial charge is 0.316 e. The molecule has 0 aliphatic heterocycles. The lowest BCUT2D eigenvalue weighted by molar-refractivity contribution is 0.368. The van der Waals surface area contributed by atoms with E-state index in [0.29, 0.717) is 23.3 Å². The van der Waals surface area contributed by atoms with Crippen molar-refractivity contribution < 1.29 is 8.42 Å². The molecule has 1 aromatic carbocycles. The Morgan fingerprint density at radius 3 is 2.57 bits per heavy atom. The molecule has 0 saturated heterocycles. The molecular weight excluding hydrogens is 284 g/mol. The summed E-state index contributed by atoms with van der Waals surface area (Å²) in [4.78, 5) is 0.395. The normalized spacial score (nSPS) is 26.1. The molecule has 1 saturated carbocycles. The first kappa shape index (κ1) is 16.5. The summed E-state index contributed by atoms with van der Waals surface area (Å²) in [6, 6.07) is 7.25. The minimum atomic E-state index is -3.45. The fourth-order valence-electron chi connectivity index (χ4n) is 3.36. The van der Waals surface area contributed by atoms with Gasteiger partial charge in [-0.15, -0.1) is 0 Å². The van der Waals surface area contributed by atoms with Crippen molar-refractivity contribution >= 4 is 10.0 Å². The lowest BCUT2D eigenvalue weighted by Crippen LogP contribution is -2.38. The van der Waals surface area contributed by atoms with Gasteiger partial charge in [-0.1, -0.05) is 38.5 Å². The molecule has 0 radical (unpaired) electrons. The van der Waals surface area contributed by atoms with Crippen LogP contribution in [0.4, 0.5) is 0 Å². The molecule has 2 N–H and O–H groups in total. The van der Waals surface area contributed by atoms with Gasteiger partial charge in [-0.3, -0.25) is 0 Å². The zero-order chi connectivity index (χ0) is 15.5. The van der Waals surface area contributed by atoms with E-state index in [0.717, 1.165) is 24.8 Å². The molecule has 5 heteroatoms. The van der Waals surface area contributed by atoms with Crippen molar-refractivity contribution in [2.45, 2.75) is 50.6 Å². The van der Waals surface area contributed by atoms with Crippen molar-refractivity contribution in [1.82, 2.24) is 10.0 Å². The number of rotatable bonds is 6. The van der Waals surface area contributed by atoms with Crippen molar-refractivity contribution in [3.63, 3.8) is 0 Å². The Hall–Kier alpha value is -0.910. The van der Waals surface area contributed by atoms with E-state index in [2.05, 4.69) is 23.9 Å². The second-order valence-corrected chi connectivity index (χ2v) is 7.65. The van der Waals surface area contributed by atoms with Gasteiger partial charge in [-0.2, -0.15) is 0 Å². The van der Waals surface area contributed by atoms with Gasteiger partial charge in [0.1, 0.15) is 0 Å². The quantitative estimate of drug-likeness (QED) is 0.849. The number of nitrogens with one attached hydrogen (secondary N) is 2. The number of hydrogen-bond donors (Lipinski definition) is 2. The third-order valence-electron chi connectivity index (χ3n) is 4.69. The summed E-state index contributed by atoms with van der Waals surface area (Å²) in [5.41, 5.74) is 0.810. The average molecular weight is 310 g/mol. The zero-order valence-electron chi connectivity index (χ0n) is 13.1. The summed E-state index contributed by atoms with van der Waals surface area (Å²) in [6.45, 7) is 4.89. The molecule has 0 amide bonds. The summed E-state index contributed by atoms with van der Waals surface area (Å²) in [5, 5.41) is 3.02. The van der Waals surface area contributed by atoms with E-state index in [1.165, 1.54) is 0 Å². The molecule has 1 aliphatic rings. The van der Waals surface area contributed by atoms with Crippen LogP contribution in [0.15, 0.2) is 29.2 Å². The van der Waals surface area contributed by atoms with Crippen LogP contribution in [-0.4, -0.2) is 21.5 Å². The highest BCUT2D eigenvalue weighted by atomic mass is 32.2. The molecule has 0 heterocycles. The third-order valence-corrected chi connectivity index (χ3v) is 6.28. The van der Waals surface area contributed by atoms with Crippen molar-refractivity contribution in [3.8, 4) is 0 Å². The second kappa shape index (κ2) is 6.90. The molecule has 1 fully saturated rings. The standard InChI is InChI=1S/C16H26N2O2S/c1-4-13-9-10-15(12(13)2)18-21(19,20)16-8-6-5-7-14(16)11-17-3/h5-8,12-13,15,17-18H,4,9-11H2,1-3H3. The first-order chi connectivity index (χ1) is 9.99. The van der Waals surface area contributed by atoms with Gasteiger partial charge in [-0.05, 0) is 43.4 Å². The van der Waals surface area contributed by atoms with Crippen LogP contribution in [0.5, 0.6) is 0 Å². The van der Waals surface area contributed by atoms with Crippen molar-refractivity contribution in [1.29, 1.82) is 0 Å². The molecule has 0 spiro atoms. The Morgan fingerprint density at radius 1 is 1.24 bits per heavy atom. The minimum absolute atomic E-state index is 0.0580. The average Bonchev–Trinajstić information content (AvgIpc) is 2.80. The van der Waals surface area contributed by atoms with Crippen LogP contribution in [-0.2, 0) is 16.6 Å². The van der Waals surface area contributed by atoms with Crippen molar-refractivity contribution in [3.05, 3.63) is 29.8 Å². The molecule has 0 aromatic heterocycles. The summed E-state index contributed by atoms with van der Waals surface area (Å²) in [7, 11) is -1.63. The van der Waals surface area contributed by atoms with Crippen LogP contribution >= 0.6 is 0 Å². The van der Waals surface area contributed by atoms with Gasteiger partial charge < -0.3 is 5.32 Å². The van der Waals surface area contributed by atoms with Crippen molar-refractivity contribution in [2.24, 2.45) is 11.8 Å². The molecule has 3 unspecified atom stereocenters. The van der Waals surface area contributed by atoms with E-state index >= 15 is 0 Å². The Bertz CT molecular complexity index is 571. The maximum Gasteiger partial charge on any atom is 0.241 e. The lowest BCUT2D eigenvalue weighted by atomic mass is 9.94. The maximum absolute atomic E-state index is 12.7. The van der Waals surface area contributed by atoms with Gasteiger partial charge in [0.25, 0.3) is 0 Å². The maximum atomic E-state index is 12.7. The van der Waals surface area contributed by atoms with Gasteiger partial charge in [0.15, 0.2) is 0 Å². The monoisotopic (exact) mass is 310 g/mol. The molecule has 1 aliphatic carbocycles. The molecule has 2 rings (SSSR count). The Kier molecular flexibility index (Phi) is 5.41. The molecule has 3 atom stereocenters. The highest BCUT2D eigenvalue weighted by molar-refractivity contribution is 7.89. The Balaban J connectivity index is 2.20. The first-order valence-electron chi connectivity index (χ1n) is 7.74. The van der Waals surface area contributed by atoms with Crippen LogP contribution < -0.4 is 10.0 Å². The Labute approximate surface area is 128 Å². The van der Waals surface area contributed by atoms with Crippen molar-refractivity contribution in [2.75, 3.05) is 7.05 Å². The van der Waals surface area contributed by atoms with Crippen LogP contribution in [0.3, 0.4) is 0 Å². The van der Waals surface area contributed by atoms with Crippen LogP contribution in [0.1, 0.15) is 38.7 Å². The predicted octanol–water partition coefficient (Wildman–Crippen LogP) is 2.51. The van der Waals surface area contributed by atoms with E-state index in [1.807, 2.05) is 19.2 Å². The summed E-state index contributed by atoms with van der Waals surface area (Å²) < 4.78 is 28.3. The van der Waals surface area contributed by atoms with E-state index in [9.17, 15) is 8.42 Å². The molecule has 1 aromatic rings. The first-order valence-corrected chi connectivity index (χ1v) is 9.22. The van der Waals surface area contributed by atoms with Gasteiger partial charge in [-0.25, -0.2) is 13.1 Å². The number of benzene rings is 1. The molecule has 0 bridgehead atoms. The lowest BCUT2D eigenvalue weighted by Gasteiger charge is -2.21. The van der Waals surface area contributed by atoms with Crippen LogP contribution in [0.2, 0.25) is 0 Å². The van der Waals surface area contributed by atoms with E-state index in [1.54, 1.807) is 12.1 Å². The van der Waals surface area contributed by atoms with Crippen LogP contribution in [0.25, 0.3) is 0 Å². The van der Waals surface area contributed by atoms with Gasteiger partial charge in [0.2, 0.25) is 10.0 Å². The molecule has 4 nitrogen and oxygen atoms in total.